The largest absolute Gasteiger partial charge is 0.356 e. The van der Waals surface area contributed by atoms with E-state index < -0.39 is 0 Å². The van der Waals surface area contributed by atoms with E-state index in [1.807, 2.05) is 4.90 Å². The van der Waals surface area contributed by atoms with E-state index in [2.05, 4.69) is 16.3 Å². The summed E-state index contributed by atoms with van der Waals surface area (Å²) in [5.74, 6) is 0.448. The molecule has 1 unspecified atom stereocenters. The molecule has 0 saturated carbocycles. The Balaban J connectivity index is 1.26. The molecule has 1 atom stereocenters. The van der Waals surface area contributed by atoms with E-state index >= 15 is 0 Å². The first-order chi connectivity index (χ1) is 13.2. The maximum atomic E-state index is 12.6. The molecule has 6 heteroatoms. The molecule has 1 aromatic rings. The molecule has 2 saturated heterocycles. The molecular weight excluding hydrogens is 358 g/mol. The summed E-state index contributed by atoms with van der Waals surface area (Å²) in [5.41, 5.74) is 1.23. The van der Waals surface area contributed by atoms with Crippen LogP contribution >= 0.6 is 11.3 Å². The normalized spacial score (nSPS) is 22.8. The van der Waals surface area contributed by atoms with E-state index in [1.165, 1.54) is 36.4 Å². The Labute approximate surface area is 166 Å². The van der Waals surface area contributed by atoms with Crippen LogP contribution in [0.4, 0.5) is 0 Å². The van der Waals surface area contributed by atoms with Gasteiger partial charge in [0.2, 0.25) is 5.91 Å². The summed E-state index contributed by atoms with van der Waals surface area (Å²) >= 11 is 1.65. The van der Waals surface area contributed by atoms with Gasteiger partial charge in [0.1, 0.15) is 0 Å². The number of rotatable bonds is 6. The van der Waals surface area contributed by atoms with Crippen LogP contribution in [-0.4, -0.2) is 60.9 Å². The molecule has 0 spiro atoms. The van der Waals surface area contributed by atoms with Gasteiger partial charge in [0, 0.05) is 30.4 Å². The van der Waals surface area contributed by atoms with Crippen LogP contribution in [0.15, 0.2) is 6.07 Å². The van der Waals surface area contributed by atoms with Crippen LogP contribution in [0.1, 0.15) is 58.6 Å². The van der Waals surface area contributed by atoms with Crippen molar-refractivity contribution >= 4 is 23.2 Å². The highest BCUT2D eigenvalue weighted by atomic mass is 32.1. The second-order valence-electron chi connectivity index (χ2n) is 8.19. The lowest BCUT2D eigenvalue weighted by Crippen LogP contribution is -2.35. The van der Waals surface area contributed by atoms with Crippen LogP contribution in [-0.2, 0) is 17.6 Å². The average Bonchev–Trinajstić information content (AvgIpc) is 3.45. The Morgan fingerprint density at radius 1 is 1.11 bits per heavy atom. The van der Waals surface area contributed by atoms with Crippen molar-refractivity contribution in [1.82, 2.24) is 15.1 Å². The van der Waals surface area contributed by atoms with Gasteiger partial charge in [-0.1, -0.05) is 0 Å². The fourth-order valence-corrected chi connectivity index (χ4v) is 5.77. The molecule has 148 valence electrons. The van der Waals surface area contributed by atoms with Gasteiger partial charge in [-0.2, -0.15) is 0 Å². The minimum atomic E-state index is 0.0635. The van der Waals surface area contributed by atoms with Crippen LogP contribution in [0, 0.1) is 5.92 Å². The van der Waals surface area contributed by atoms with Crippen LogP contribution in [0.5, 0.6) is 0 Å². The predicted molar refractivity (Wildman–Crippen MR) is 108 cm³/mol. The minimum Gasteiger partial charge on any atom is -0.356 e. The van der Waals surface area contributed by atoms with Gasteiger partial charge in [0.05, 0.1) is 4.88 Å². The van der Waals surface area contributed by atoms with Crippen LogP contribution in [0.3, 0.4) is 0 Å². The molecule has 1 N–H and O–H groups in total. The van der Waals surface area contributed by atoms with Crippen molar-refractivity contribution in [3.05, 3.63) is 21.4 Å². The molecule has 2 fully saturated rings. The zero-order chi connectivity index (χ0) is 18.6. The third-order valence-corrected chi connectivity index (χ3v) is 7.43. The van der Waals surface area contributed by atoms with Crippen molar-refractivity contribution in [3.63, 3.8) is 0 Å². The summed E-state index contributed by atoms with van der Waals surface area (Å²) in [6.07, 6.45) is 8.54. The SMILES string of the molecule is O=C(NCCCN1CCCC1)C1CCc2sc(C(=O)N3CCCC3)cc2C1. The molecule has 2 aliphatic heterocycles. The number of carbonyl (C=O) groups excluding carboxylic acids is 2. The molecule has 3 heterocycles. The van der Waals surface area contributed by atoms with Gasteiger partial charge in [0.15, 0.2) is 0 Å². The first-order valence-electron chi connectivity index (χ1n) is 10.6. The zero-order valence-corrected chi connectivity index (χ0v) is 17.0. The van der Waals surface area contributed by atoms with Crippen molar-refractivity contribution in [2.75, 3.05) is 39.3 Å². The Kier molecular flexibility index (Phi) is 6.13. The molecule has 0 radical (unpaired) electrons. The van der Waals surface area contributed by atoms with Crippen molar-refractivity contribution in [3.8, 4) is 0 Å². The molecule has 2 amide bonds. The number of hydrogen-bond acceptors (Lipinski definition) is 4. The molecule has 3 aliphatic rings. The monoisotopic (exact) mass is 389 g/mol. The molecule has 5 nitrogen and oxygen atoms in total. The van der Waals surface area contributed by atoms with Crippen molar-refractivity contribution in [2.45, 2.75) is 51.4 Å². The summed E-state index contributed by atoms with van der Waals surface area (Å²) in [5, 5.41) is 3.14. The first kappa shape index (κ1) is 18.9. The van der Waals surface area contributed by atoms with Crippen molar-refractivity contribution in [1.29, 1.82) is 0 Å². The summed E-state index contributed by atoms with van der Waals surface area (Å²) in [6, 6.07) is 2.06. The van der Waals surface area contributed by atoms with Crippen LogP contribution in [0.25, 0.3) is 0 Å². The molecule has 1 aromatic heterocycles. The van der Waals surface area contributed by atoms with E-state index in [0.29, 0.717) is 0 Å². The molecule has 4 rings (SSSR count). The molecular formula is C21H31N3O2S. The maximum absolute atomic E-state index is 12.6. The van der Waals surface area contributed by atoms with Crippen LogP contribution < -0.4 is 5.32 Å². The third-order valence-electron chi connectivity index (χ3n) is 6.21. The minimum absolute atomic E-state index is 0.0635. The highest BCUT2D eigenvalue weighted by molar-refractivity contribution is 7.14. The fourth-order valence-electron chi connectivity index (χ4n) is 4.59. The Morgan fingerprint density at radius 3 is 2.63 bits per heavy atom. The third kappa shape index (κ3) is 4.54. The average molecular weight is 390 g/mol. The number of amides is 2. The second-order valence-corrected chi connectivity index (χ2v) is 9.33. The number of aryl methyl sites for hydroxylation is 1. The van der Waals surface area contributed by atoms with Gasteiger partial charge in [0.25, 0.3) is 5.91 Å². The van der Waals surface area contributed by atoms with E-state index in [9.17, 15) is 9.59 Å². The van der Waals surface area contributed by atoms with Crippen molar-refractivity contribution in [2.24, 2.45) is 5.92 Å². The molecule has 1 aliphatic carbocycles. The van der Waals surface area contributed by atoms with Gasteiger partial charge in [-0.3, -0.25) is 9.59 Å². The van der Waals surface area contributed by atoms with Gasteiger partial charge in [-0.15, -0.1) is 11.3 Å². The number of hydrogen-bond donors (Lipinski definition) is 1. The number of nitrogens with zero attached hydrogens (tertiary/aromatic N) is 2. The van der Waals surface area contributed by atoms with Gasteiger partial charge < -0.3 is 15.1 Å². The summed E-state index contributed by atoms with van der Waals surface area (Å²) in [7, 11) is 0. The fraction of sp³-hybridized carbons (Fsp3) is 0.714. The van der Waals surface area contributed by atoms with Gasteiger partial charge in [-0.05, 0) is 82.6 Å². The van der Waals surface area contributed by atoms with E-state index in [1.54, 1.807) is 11.3 Å². The lowest BCUT2D eigenvalue weighted by Gasteiger charge is -2.21. The maximum Gasteiger partial charge on any atom is 0.263 e. The molecule has 27 heavy (non-hydrogen) atoms. The number of nitrogens with one attached hydrogen (secondary N) is 1. The number of carbonyl (C=O) groups is 2. The second kappa shape index (κ2) is 8.74. The van der Waals surface area contributed by atoms with Gasteiger partial charge >= 0.3 is 0 Å². The predicted octanol–water partition coefficient (Wildman–Crippen LogP) is 2.69. The lowest BCUT2D eigenvalue weighted by molar-refractivity contribution is -0.125. The summed E-state index contributed by atoms with van der Waals surface area (Å²) in [6.45, 7) is 6.10. The quantitative estimate of drug-likeness (QED) is 0.761. The highest BCUT2D eigenvalue weighted by Gasteiger charge is 2.29. The van der Waals surface area contributed by atoms with E-state index in [4.69, 9.17) is 0 Å². The zero-order valence-electron chi connectivity index (χ0n) is 16.2. The molecule has 0 aromatic carbocycles. The van der Waals surface area contributed by atoms with Crippen LogP contribution in [0.2, 0.25) is 0 Å². The Bertz CT molecular complexity index is 675. The number of thiophene rings is 1. The number of likely N-dealkylation sites (tertiary alicyclic amines) is 2. The van der Waals surface area contributed by atoms with E-state index in [0.717, 1.165) is 69.6 Å². The summed E-state index contributed by atoms with van der Waals surface area (Å²) < 4.78 is 0. The van der Waals surface area contributed by atoms with Gasteiger partial charge in [-0.25, -0.2) is 0 Å². The standard InChI is InChI=1S/C21H31N3O2S/c25-20(22-8-5-11-23-9-1-2-10-23)16-6-7-18-17(14-16)15-19(27-18)21(26)24-12-3-4-13-24/h15-16H,1-14H2,(H,22,25). The summed E-state index contributed by atoms with van der Waals surface area (Å²) in [4.78, 5) is 31.8. The smallest absolute Gasteiger partial charge is 0.263 e. The lowest BCUT2D eigenvalue weighted by atomic mass is 9.87. The number of fused-ring (bicyclic) bond motifs is 1. The Morgan fingerprint density at radius 2 is 1.85 bits per heavy atom. The highest BCUT2D eigenvalue weighted by Crippen LogP contribution is 2.33. The topological polar surface area (TPSA) is 52.7 Å². The molecule has 0 bridgehead atoms. The first-order valence-corrected chi connectivity index (χ1v) is 11.4. The van der Waals surface area contributed by atoms with Crippen molar-refractivity contribution < 1.29 is 9.59 Å². The Hall–Kier alpha value is -1.40. The van der Waals surface area contributed by atoms with E-state index in [-0.39, 0.29) is 17.7 Å².